The van der Waals surface area contributed by atoms with Gasteiger partial charge in [0.05, 0.1) is 6.42 Å². The largest absolute Gasteiger partial charge is 0.354 e. The minimum atomic E-state index is -0.611. The molecule has 1 N–H and O–H groups in total. The van der Waals surface area contributed by atoms with Crippen LogP contribution in [0.2, 0.25) is 10.0 Å². The second-order valence-corrected chi connectivity index (χ2v) is 7.58. The van der Waals surface area contributed by atoms with Crippen molar-refractivity contribution in [3.8, 4) is 0 Å². The number of rotatable bonds is 9. The lowest BCUT2D eigenvalue weighted by Crippen LogP contribution is -2.48. The van der Waals surface area contributed by atoms with Crippen LogP contribution in [0.1, 0.15) is 37.8 Å². The molecular weight excluding hydrogens is 395 g/mol. The van der Waals surface area contributed by atoms with E-state index in [1.807, 2.05) is 30.3 Å². The molecule has 2 amide bonds. The van der Waals surface area contributed by atoms with Crippen LogP contribution in [0.3, 0.4) is 0 Å². The monoisotopic (exact) mass is 420 g/mol. The van der Waals surface area contributed by atoms with Crippen LogP contribution in [0.15, 0.2) is 48.5 Å². The van der Waals surface area contributed by atoms with E-state index in [-0.39, 0.29) is 24.8 Å². The molecule has 0 aromatic heterocycles. The van der Waals surface area contributed by atoms with Crippen LogP contribution < -0.4 is 5.32 Å². The van der Waals surface area contributed by atoms with Crippen molar-refractivity contribution < 1.29 is 9.59 Å². The van der Waals surface area contributed by atoms with Crippen LogP contribution in [-0.4, -0.2) is 29.3 Å². The van der Waals surface area contributed by atoms with Gasteiger partial charge in [-0.15, -0.1) is 0 Å². The molecule has 0 aliphatic heterocycles. The predicted octanol–water partition coefficient (Wildman–Crippen LogP) is 4.87. The molecule has 0 saturated heterocycles. The van der Waals surface area contributed by atoms with Crippen LogP contribution in [-0.2, 0) is 22.6 Å². The number of carbonyl (C=O) groups excluding carboxylic acids is 2. The highest BCUT2D eigenvalue weighted by molar-refractivity contribution is 6.31. The lowest BCUT2D eigenvalue weighted by atomic mass is 10.1. The molecule has 0 aliphatic carbocycles. The molecule has 4 nitrogen and oxygen atoms in total. The summed E-state index contributed by atoms with van der Waals surface area (Å²) in [6.45, 7) is 4.67. The molecule has 0 fully saturated rings. The predicted molar refractivity (Wildman–Crippen MR) is 115 cm³/mol. The summed E-state index contributed by atoms with van der Waals surface area (Å²) in [5.74, 6) is -0.319. The smallest absolute Gasteiger partial charge is 0.242 e. The highest BCUT2D eigenvalue weighted by atomic mass is 35.5. The number of hydrogen-bond acceptors (Lipinski definition) is 2. The zero-order valence-electron chi connectivity index (χ0n) is 16.3. The van der Waals surface area contributed by atoms with Gasteiger partial charge >= 0.3 is 0 Å². The molecule has 28 heavy (non-hydrogen) atoms. The van der Waals surface area contributed by atoms with Crippen molar-refractivity contribution in [2.45, 2.75) is 45.7 Å². The van der Waals surface area contributed by atoms with Gasteiger partial charge in [-0.05, 0) is 42.7 Å². The van der Waals surface area contributed by atoms with Crippen molar-refractivity contribution in [2.24, 2.45) is 0 Å². The fourth-order valence-corrected chi connectivity index (χ4v) is 3.26. The quantitative estimate of drug-likeness (QED) is 0.588. The third kappa shape index (κ3) is 6.54. The summed E-state index contributed by atoms with van der Waals surface area (Å²) >= 11 is 12.3. The average Bonchev–Trinajstić information content (AvgIpc) is 2.67. The fourth-order valence-electron chi connectivity index (χ4n) is 2.85. The van der Waals surface area contributed by atoms with E-state index in [0.717, 1.165) is 24.0 Å². The first-order chi connectivity index (χ1) is 13.4. The summed E-state index contributed by atoms with van der Waals surface area (Å²) in [7, 11) is 0. The zero-order chi connectivity index (χ0) is 20.5. The van der Waals surface area contributed by atoms with Gasteiger partial charge in [-0.25, -0.2) is 0 Å². The SMILES string of the molecule is CCCCNC(=O)[C@H](C)N(Cc1ccccc1Cl)C(=O)Cc1cccc(Cl)c1. The van der Waals surface area contributed by atoms with Gasteiger partial charge in [0.25, 0.3) is 0 Å². The van der Waals surface area contributed by atoms with Gasteiger partial charge in [0, 0.05) is 23.1 Å². The molecule has 2 rings (SSSR count). The van der Waals surface area contributed by atoms with Gasteiger partial charge in [-0.2, -0.15) is 0 Å². The molecule has 0 saturated carbocycles. The van der Waals surface area contributed by atoms with Crippen LogP contribution in [0.4, 0.5) is 0 Å². The van der Waals surface area contributed by atoms with Crippen LogP contribution in [0.5, 0.6) is 0 Å². The molecule has 0 heterocycles. The number of nitrogens with one attached hydrogen (secondary N) is 1. The number of hydrogen-bond donors (Lipinski definition) is 1. The lowest BCUT2D eigenvalue weighted by molar-refractivity contribution is -0.140. The Morgan fingerprint density at radius 1 is 1.11 bits per heavy atom. The number of amides is 2. The Hall–Kier alpha value is -2.04. The summed E-state index contributed by atoms with van der Waals surface area (Å²) < 4.78 is 0. The Bertz CT molecular complexity index is 811. The van der Waals surface area contributed by atoms with E-state index in [2.05, 4.69) is 12.2 Å². The Balaban J connectivity index is 2.20. The van der Waals surface area contributed by atoms with E-state index < -0.39 is 6.04 Å². The van der Waals surface area contributed by atoms with E-state index in [9.17, 15) is 9.59 Å². The number of benzene rings is 2. The number of unbranched alkanes of at least 4 members (excludes halogenated alkanes) is 1. The van der Waals surface area contributed by atoms with Gasteiger partial charge in [-0.1, -0.05) is 66.9 Å². The van der Waals surface area contributed by atoms with Crippen molar-refractivity contribution in [1.29, 1.82) is 0 Å². The summed E-state index contributed by atoms with van der Waals surface area (Å²) in [6, 6.07) is 13.9. The molecule has 0 aliphatic rings. The molecule has 0 spiro atoms. The summed E-state index contributed by atoms with van der Waals surface area (Å²) in [4.78, 5) is 27.2. The summed E-state index contributed by atoms with van der Waals surface area (Å²) in [5, 5.41) is 4.05. The molecule has 6 heteroatoms. The molecule has 0 bridgehead atoms. The van der Waals surface area contributed by atoms with Crippen LogP contribution in [0.25, 0.3) is 0 Å². The van der Waals surface area contributed by atoms with Crippen molar-refractivity contribution in [3.63, 3.8) is 0 Å². The van der Waals surface area contributed by atoms with Gasteiger partial charge in [-0.3, -0.25) is 9.59 Å². The maximum Gasteiger partial charge on any atom is 0.242 e. The topological polar surface area (TPSA) is 49.4 Å². The molecule has 2 aromatic rings. The Morgan fingerprint density at radius 2 is 1.86 bits per heavy atom. The summed E-state index contributed by atoms with van der Waals surface area (Å²) in [5.41, 5.74) is 1.61. The highest BCUT2D eigenvalue weighted by Crippen LogP contribution is 2.20. The zero-order valence-corrected chi connectivity index (χ0v) is 17.8. The molecule has 0 unspecified atom stereocenters. The van der Waals surface area contributed by atoms with Gasteiger partial charge in [0.2, 0.25) is 11.8 Å². The molecule has 0 radical (unpaired) electrons. The number of nitrogens with zero attached hydrogens (tertiary/aromatic N) is 1. The Labute approximate surface area is 176 Å². The lowest BCUT2D eigenvalue weighted by Gasteiger charge is -2.29. The van der Waals surface area contributed by atoms with Crippen molar-refractivity contribution in [2.75, 3.05) is 6.54 Å². The Kier molecular flexibility index (Phi) is 8.81. The second-order valence-electron chi connectivity index (χ2n) is 6.74. The van der Waals surface area contributed by atoms with Crippen molar-refractivity contribution in [1.82, 2.24) is 10.2 Å². The van der Waals surface area contributed by atoms with Gasteiger partial charge in [0.1, 0.15) is 6.04 Å². The maximum absolute atomic E-state index is 13.1. The first kappa shape index (κ1) is 22.3. The minimum absolute atomic E-state index is 0.152. The Morgan fingerprint density at radius 3 is 2.54 bits per heavy atom. The van der Waals surface area contributed by atoms with Crippen molar-refractivity contribution >= 4 is 35.0 Å². The highest BCUT2D eigenvalue weighted by Gasteiger charge is 2.26. The standard InChI is InChI=1S/C22H26Cl2N2O2/c1-3-4-12-25-22(28)16(2)26(15-18-9-5-6-11-20(18)24)21(27)14-17-8-7-10-19(23)13-17/h5-11,13,16H,3-4,12,14-15H2,1-2H3,(H,25,28)/t16-/m0/s1. The van der Waals surface area contributed by atoms with Gasteiger partial charge in [0.15, 0.2) is 0 Å². The normalized spacial score (nSPS) is 11.7. The molecule has 150 valence electrons. The minimum Gasteiger partial charge on any atom is -0.354 e. The maximum atomic E-state index is 13.1. The first-order valence-corrected chi connectivity index (χ1v) is 10.2. The van der Waals surface area contributed by atoms with Crippen molar-refractivity contribution in [3.05, 3.63) is 69.7 Å². The fraction of sp³-hybridized carbons (Fsp3) is 0.364. The van der Waals surface area contributed by atoms with E-state index >= 15 is 0 Å². The molecule has 1 atom stereocenters. The van der Waals surface area contributed by atoms with E-state index in [1.54, 1.807) is 30.0 Å². The first-order valence-electron chi connectivity index (χ1n) is 9.47. The van der Waals surface area contributed by atoms with E-state index in [0.29, 0.717) is 16.6 Å². The van der Waals surface area contributed by atoms with Gasteiger partial charge < -0.3 is 10.2 Å². The van der Waals surface area contributed by atoms with Crippen LogP contribution in [0, 0.1) is 0 Å². The number of halogens is 2. The summed E-state index contributed by atoms with van der Waals surface area (Å²) in [6.07, 6.45) is 2.06. The third-order valence-corrected chi connectivity index (χ3v) is 5.14. The van der Waals surface area contributed by atoms with E-state index in [4.69, 9.17) is 23.2 Å². The van der Waals surface area contributed by atoms with Crippen LogP contribution >= 0.6 is 23.2 Å². The molecule has 2 aromatic carbocycles. The van der Waals surface area contributed by atoms with E-state index in [1.165, 1.54) is 0 Å². The second kappa shape index (κ2) is 11.1. The number of carbonyl (C=O) groups is 2. The molecular formula is C22H26Cl2N2O2. The average molecular weight is 421 g/mol. The third-order valence-electron chi connectivity index (χ3n) is 4.54.